The normalized spacial score (nSPS) is 12.5. The summed E-state index contributed by atoms with van der Waals surface area (Å²) < 4.78 is 16.2. The van der Waals surface area contributed by atoms with Crippen LogP contribution in [0.4, 0.5) is 0 Å². The molecule has 0 N–H and O–H groups in total. The number of hydrogen-bond donors (Lipinski definition) is 0. The molecule has 0 spiro atoms. The van der Waals surface area contributed by atoms with Crippen molar-refractivity contribution >= 4 is 5.78 Å². The molecule has 0 saturated heterocycles. The van der Waals surface area contributed by atoms with E-state index in [-0.39, 0.29) is 12.6 Å². The Kier molecular flexibility index (Phi) is 4.71. The first kappa shape index (κ1) is 16.3. The maximum Gasteiger partial charge on any atom is 0.231 e. The van der Waals surface area contributed by atoms with Crippen molar-refractivity contribution in [1.82, 2.24) is 4.90 Å². The minimum absolute atomic E-state index is 0.0531. The van der Waals surface area contributed by atoms with Crippen LogP contribution in [0.3, 0.4) is 0 Å². The molecule has 0 amide bonds. The molecule has 2 aromatic carbocycles. The largest absolute Gasteiger partial charge is 0.496 e. The maximum absolute atomic E-state index is 11.6. The van der Waals surface area contributed by atoms with Gasteiger partial charge in [0.05, 0.1) is 7.11 Å². The number of fused-ring (bicyclic) bond motifs is 1. The van der Waals surface area contributed by atoms with E-state index in [1.165, 1.54) is 0 Å². The highest BCUT2D eigenvalue weighted by molar-refractivity contribution is 5.94. The van der Waals surface area contributed by atoms with Gasteiger partial charge >= 0.3 is 0 Å². The lowest BCUT2D eigenvalue weighted by Crippen LogP contribution is -2.18. The van der Waals surface area contributed by atoms with Gasteiger partial charge in [-0.1, -0.05) is 6.07 Å². The highest BCUT2D eigenvalue weighted by Crippen LogP contribution is 2.33. The Morgan fingerprint density at radius 2 is 1.92 bits per heavy atom. The summed E-state index contributed by atoms with van der Waals surface area (Å²) in [6.45, 7) is 3.29. The zero-order valence-electron chi connectivity index (χ0n) is 14.2. The molecule has 0 saturated carbocycles. The van der Waals surface area contributed by atoms with Gasteiger partial charge in [-0.3, -0.25) is 9.69 Å². The number of ether oxygens (including phenoxy) is 3. The Labute approximate surface area is 141 Å². The third-order valence-electron chi connectivity index (χ3n) is 4.02. The van der Waals surface area contributed by atoms with Crippen molar-refractivity contribution in [2.24, 2.45) is 0 Å². The van der Waals surface area contributed by atoms with Gasteiger partial charge < -0.3 is 14.2 Å². The van der Waals surface area contributed by atoms with Crippen LogP contribution in [0, 0.1) is 0 Å². The van der Waals surface area contributed by atoms with Crippen LogP contribution in [0.1, 0.15) is 28.4 Å². The number of benzene rings is 2. The van der Waals surface area contributed by atoms with Crippen LogP contribution in [0.15, 0.2) is 36.4 Å². The van der Waals surface area contributed by atoms with Gasteiger partial charge in [0.2, 0.25) is 6.79 Å². The number of carbonyl (C=O) groups excluding carboxylic acids is 1. The van der Waals surface area contributed by atoms with E-state index in [2.05, 4.69) is 4.90 Å². The predicted octanol–water partition coefficient (Wildman–Crippen LogP) is 3.26. The van der Waals surface area contributed by atoms with Crippen molar-refractivity contribution in [1.29, 1.82) is 0 Å². The van der Waals surface area contributed by atoms with E-state index in [0.29, 0.717) is 12.1 Å². The van der Waals surface area contributed by atoms with Crippen LogP contribution < -0.4 is 14.2 Å². The number of rotatable bonds is 6. The van der Waals surface area contributed by atoms with E-state index in [0.717, 1.165) is 34.9 Å². The van der Waals surface area contributed by atoms with E-state index >= 15 is 0 Å². The highest BCUT2D eigenvalue weighted by atomic mass is 16.7. The topological polar surface area (TPSA) is 48.0 Å². The molecule has 24 heavy (non-hydrogen) atoms. The summed E-state index contributed by atoms with van der Waals surface area (Å²) in [6, 6.07) is 11.5. The van der Waals surface area contributed by atoms with Crippen LogP contribution in [0.5, 0.6) is 17.2 Å². The third kappa shape index (κ3) is 3.51. The van der Waals surface area contributed by atoms with Gasteiger partial charge in [0.1, 0.15) is 5.75 Å². The Morgan fingerprint density at radius 1 is 1.12 bits per heavy atom. The molecule has 5 nitrogen and oxygen atoms in total. The van der Waals surface area contributed by atoms with Crippen LogP contribution in [0.25, 0.3) is 0 Å². The molecule has 0 aliphatic carbocycles. The second kappa shape index (κ2) is 6.93. The standard InChI is InChI=1S/C19H21NO4/c1-13(21)15-5-7-17(22-3)16(9-15)11-20(2)10-14-4-6-18-19(8-14)24-12-23-18/h4-9H,10-12H2,1-3H3. The number of methoxy groups -OCH3 is 1. The first-order valence-corrected chi connectivity index (χ1v) is 7.81. The van der Waals surface area contributed by atoms with E-state index in [1.807, 2.05) is 37.4 Å². The fourth-order valence-electron chi connectivity index (χ4n) is 2.82. The molecule has 3 rings (SSSR count). The lowest BCUT2D eigenvalue weighted by molar-refractivity contribution is 0.101. The summed E-state index contributed by atoms with van der Waals surface area (Å²) in [5.41, 5.74) is 2.83. The molecule has 0 unspecified atom stereocenters. The predicted molar refractivity (Wildman–Crippen MR) is 90.7 cm³/mol. The molecule has 0 fully saturated rings. The molecule has 5 heteroatoms. The molecular formula is C19H21NO4. The zero-order valence-corrected chi connectivity index (χ0v) is 14.2. The van der Waals surface area contributed by atoms with Crippen molar-refractivity contribution in [3.05, 3.63) is 53.1 Å². The Morgan fingerprint density at radius 3 is 2.67 bits per heavy atom. The highest BCUT2D eigenvalue weighted by Gasteiger charge is 2.15. The first-order chi connectivity index (χ1) is 11.6. The summed E-state index contributed by atoms with van der Waals surface area (Å²) in [7, 11) is 3.68. The second-order valence-corrected chi connectivity index (χ2v) is 5.94. The molecule has 126 valence electrons. The molecule has 0 bridgehead atoms. The summed E-state index contributed by atoms with van der Waals surface area (Å²) >= 11 is 0. The molecule has 0 radical (unpaired) electrons. The first-order valence-electron chi connectivity index (χ1n) is 7.81. The average Bonchev–Trinajstić information content (AvgIpc) is 3.02. The molecule has 1 heterocycles. The summed E-state index contributed by atoms with van der Waals surface area (Å²) in [6.07, 6.45) is 0. The molecule has 0 atom stereocenters. The lowest BCUT2D eigenvalue weighted by atomic mass is 10.1. The quantitative estimate of drug-likeness (QED) is 0.762. The maximum atomic E-state index is 11.6. The minimum Gasteiger partial charge on any atom is -0.496 e. The average molecular weight is 327 g/mol. The van der Waals surface area contributed by atoms with Gasteiger partial charge in [0.15, 0.2) is 17.3 Å². The van der Waals surface area contributed by atoms with E-state index in [4.69, 9.17) is 14.2 Å². The van der Waals surface area contributed by atoms with Gasteiger partial charge in [-0.25, -0.2) is 0 Å². The minimum atomic E-state index is 0.0531. The Balaban J connectivity index is 1.73. The Bertz CT molecular complexity index is 757. The molecular weight excluding hydrogens is 306 g/mol. The van der Waals surface area contributed by atoms with E-state index in [1.54, 1.807) is 20.1 Å². The number of Topliss-reactive ketones (excluding diaryl/α,β-unsaturated/α-hetero) is 1. The van der Waals surface area contributed by atoms with Crippen molar-refractivity contribution in [2.45, 2.75) is 20.0 Å². The van der Waals surface area contributed by atoms with Crippen LogP contribution in [0.2, 0.25) is 0 Å². The number of nitrogens with zero attached hydrogens (tertiary/aromatic N) is 1. The van der Waals surface area contributed by atoms with E-state index in [9.17, 15) is 4.79 Å². The Hall–Kier alpha value is -2.53. The van der Waals surface area contributed by atoms with Crippen molar-refractivity contribution in [3.8, 4) is 17.2 Å². The van der Waals surface area contributed by atoms with Gasteiger partial charge in [-0.05, 0) is 49.9 Å². The van der Waals surface area contributed by atoms with Crippen LogP contribution in [-0.4, -0.2) is 31.6 Å². The SMILES string of the molecule is COc1ccc(C(C)=O)cc1CN(C)Cc1ccc2c(c1)OCO2. The molecule has 0 aromatic heterocycles. The van der Waals surface area contributed by atoms with Crippen molar-refractivity contribution in [3.63, 3.8) is 0 Å². The van der Waals surface area contributed by atoms with Gasteiger partial charge in [0.25, 0.3) is 0 Å². The van der Waals surface area contributed by atoms with Crippen LogP contribution >= 0.6 is 0 Å². The molecule has 1 aliphatic rings. The fourth-order valence-corrected chi connectivity index (χ4v) is 2.82. The number of ketones is 1. The van der Waals surface area contributed by atoms with E-state index < -0.39 is 0 Å². The number of hydrogen-bond acceptors (Lipinski definition) is 5. The summed E-state index contributed by atoms with van der Waals surface area (Å²) in [5, 5.41) is 0. The molecule has 1 aliphatic heterocycles. The third-order valence-corrected chi connectivity index (χ3v) is 4.02. The van der Waals surface area contributed by atoms with Gasteiger partial charge in [-0.2, -0.15) is 0 Å². The van der Waals surface area contributed by atoms with Gasteiger partial charge in [0, 0.05) is 24.2 Å². The zero-order chi connectivity index (χ0) is 17.1. The summed E-state index contributed by atoms with van der Waals surface area (Å²) in [4.78, 5) is 13.8. The van der Waals surface area contributed by atoms with Gasteiger partial charge in [-0.15, -0.1) is 0 Å². The van der Waals surface area contributed by atoms with Crippen molar-refractivity contribution in [2.75, 3.05) is 21.0 Å². The fraction of sp³-hybridized carbons (Fsp3) is 0.316. The van der Waals surface area contributed by atoms with Crippen LogP contribution in [-0.2, 0) is 13.1 Å². The second-order valence-electron chi connectivity index (χ2n) is 5.94. The lowest BCUT2D eigenvalue weighted by Gasteiger charge is -2.19. The number of carbonyl (C=O) groups is 1. The molecule has 2 aromatic rings. The summed E-state index contributed by atoms with van der Waals surface area (Å²) in [5.74, 6) is 2.42. The van der Waals surface area contributed by atoms with Crippen molar-refractivity contribution < 1.29 is 19.0 Å². The smallest absolute Gasteiger partial charge is 0.231 e. The monoisotopic (exact) mass is 327 g/mol.